The minimum Gasteiger partial charge on any atom is -0.465 e. The number of halogens is 2. The molecular weight excluding hydrogens is 378 g/mol. The first kappa shape index (κ1) is 22.8. The number of amides is 1. The largest absolute Gasteiger partial charge is 0.465 e. The maximum atomic E-state index is 13.4. The first-order valence-electron chi connectivity index (χ1n) is 9.57. The van der Waals surface area contributed by atoms with Crippen LogP contribution in [0.4, 0.5) is 13.6 Å². The number of hydrogen-bond donors (Lipinski definition) is 4. The van der Waals surface area contributed by atoms with Gasteiger partial charge in [0.2, 0.25) is 0 Å². The molecule has 0 saturated carbocycles. The van der Waals surface area contributed by atoms with Crippen molar-refractivity contribution in [3.8, 4) is 0 Å². The van der Waals surface area contributed by atoms with E-state index in [1.165, 1.54) is 5.56 Å². The van der Waals surface area contributed by atoms with Crippen LogP contribution in [-0.2, 0) is 18.4 Å². The van der Waals surface area contributed by atoms with Crippen LogP contribution in [-0.4, -0.2) is 35.0 Å². The zero-order valence-corrected chi connectivity index (χ0v) is 16.9. The lowest BCUT2D eigenvalue weighted by Crippen LogP contribution is -2.51. The van der Waals surface area contributed by atoms with E-state index in [9.17, 15) is 18.7 Å². The highest BCUT2D eigenvalue weighted by atomic mass is 19.1. The summed E-state index contributed by atoms with van der Waals surface area (Å²) in [7, 11) is 0. The molecule has 158 valence electrons. The number of carbonyl (C=O) groups is 1. The first-order valence-corrected chi connectivity index (χ1v) is 9.57. The molecule has 0 aromatic heterocycles. The quantitative estimate of drug-likeness (QED) is 0.513. The summed E-state index contributed by atoms with van der Waals surface area (Å²) in [5.41, 5.74) is 2.02. The van der Waals surface area contributed by atoms with Crippen LogP contribution in [0.3, 0.4) is 0 Å². The van der Waals surface area contributed by atoms with E-state index in [2.05, 4.69) is 23.6 Å². The Kier molecular flexibility index (Phi) is 7.70. The molecule has 7 heteroatoms. The maximum Gasteiger partial charge on any atom is 0.404 e. The fraction of sp³-hybridized carbons (Fsp3) is 0.409. The van der Waals surface area contributed by atoms with Gasteiger partial charge in [0.05, 0.1) is 12.1 Å². The molecule has 0 bridgehead atoms. The van der Waals surface area contributed by atoms with Gasteiger partial charge < -0.3 is 20.8 Å². The van der Waals surface area contributed by atoms with Gasteiger partial charge in [-0.25, -0.2) is 13.6 Å². The van der Waals surface area contributed by atoms with Crippen molar-refractivity contribution < 1.29 is 23.8 Å². The fourth-order valence-corrected chi connectivity index (χ4v) is 3.21. The lowest BCUT2D eigenvalue weighted by molar-refractivity contribution is 0.110. The Morgan fingerprint density at radius 2 is 1.76 bits per heavy atom. The van der Waals surface area contributed by atoms with Crippen LogP contribution >= 0.6 is 0 Å². The Hall–Kier alpha value is -2.51. The van der Waals surface area contributed by atoms with Crippen molar-refractivity contribution in [3.05, 3.63) is 70.8 Å². The monoisotopic (exact) mass is 406 g/mol. The van der Waals surface area contributed by atoms with E-state index in [0.29, 0.717) is 0 Å². The summed E-state index contributed by atoms with van der Waals surface area (Å²) in [5.74, 6) is -1.50. The molecule has 29 heavy (non-hydrogen) atoms. The number of hydrogen-bond acceptors (Lipinski definition) is 3. The van der Waals surface area contributed by atoms with E-state index in [0.717, 1.165) is 30.2 Å². The number of benzene rings is 2. The van der Waals surface area contributed by atoms with Crippen LogP contribution in [0.25, 0.3) is 0 Å². The number of aryl methyl sites for hydroxylation is 1. The average Bonchev–Trinajstić information content (AvgIpc) is 2.64. The van der Waals surface area contributed by atoms with Gasteiger partial charge in [0.15, 0.2) is 0 Å². The second-order valence-electron chi connectivity index (χ2n) is 7.66. The summed E-state index contributed by atoms with van der Waals surface area (Å²) in [5, 5.41) is 25.2. The van der Waals surface area contributed by atoms with E-state index < -0.39 is 35.4 Å². The summed E-state index contributed by atoms with van der Waals surface area (Å²) in [6.45, 7) is 6.10. The highest BCUT2D eigenvalue weighted by Crippen LogP contribution is 2.21. The lowest BCUT2D eigenvalue weighted by atomic mass is 9.91. The Morgan fingerprint density at radius 3 is 2.34 bits per heavy atom. The van der Waals surface area contributed by atoms with Crippen LogP contribution in [0.1, 0.15) is 37.5 Å². The number of aliphatic hydroxyl groups is 1. The van der Waals surface area contributed by atoms with E-state index in [-0.39, 0.29) is 18.5 Å². The summed E-state index contributed by atoms with van der Waals surface area (Å²) in [4.78, 5) is 11.1. The van der Waals surface area contributed by atoms with Gasteiger partial charge in [-0.15, -0.1) is 0 Å². The van der Waals surface area contributed by atoms with Crippen LogP contribution in [0, 0.1) is 11.6 Å². The highest BCUT2D eigenvalue weighted by molar-refractivity contribution is 5.65. The molecule has 0 aliphatic heterocycles. The van der Waals surface area contributed by atoms with Gasteiger partial charge in [-0.05, 0) is 55.5 Å². The summed E-state index contributed by atoms with van der Waals surface area (Å²) < 4.78 is 26.9. The number of rotatable bonds is 9. The smallest absolute Gasteiger partial charge is 0.404 e. The number of carboxylic acid groups (broad SMARTS) is 1. The van der Waals surface area contributed by atoms with Crippen molar-refractivity contribution in [2.24, 2.45) is 0 Å². The Balaban J connectivity index is 2.10. The Morgan fingerprint density at radius 1 is 1.10 bits per heavy atom. The third-order valence-corrected chi connectivity index (χ3v) is 4.96. The Labute approximate surface area is 169 Å². The molecule has 4 N–H and O–H groups in total. The van der Waals surface area contributed by atoms with Crippen LogP contribution in [0.15, 0.2) is 42.5 Å². The van der Waals surface area contributed by atoms with E-state index in [1.54, 1.807) is 0 Å². The van der Waals surface area contributed by atoms with Crippen molar-refractivity contribution in [1.29, 1.82) is 0 Å². The van der Waals surface area contributed by atoms with Gasteiger partial charge in [0.1, 0.15) is 11.6 Å². The minimum absolute atomic E-state index is 0.0461. The molecule has 0 saturated heterocycles. The molecule has 2 aromatic carbocycles. The predicted octanol–water partition coefficient (Wildman–Crippen LogP) is 3.59. The van der Waals surface area contributed by atoms with Crippen molar-refractivity contribution >= 4 is 6.09 Å². The minimum atomic E-state index is -1.32. The van der Waals surface area contributed by atoms with Gasteiger partial charge in [-0.3, -0.25) is 0 Å². The first-order chi connectivity index (χ1) is 13.6. The van der Waals surface area contributed by atoms with Gasteiger partial charge in [-0.1, -0.05) is 31.2 Å². The molecule has 0 fully saturated rings. The molecule has 0 aliphatic carbocycles. The van der Waals surface area contributed by atoms with Gasteiger partial charge in [0.25, 0.3) is 0 Å². The molecule has 5 nitrogen and oxygen atoms in total. The molecule has 0 spiro atoms. The summed E-state index contributed by atoms with van der Waals surface area (Å²) >= 11 is 0. The SMILES string of the molecule is CCc1cccc(C(C)(C)NC[C@H](O)[C@H](Cc2cc(F)cc(F)c2)NC(=O)O)c1. The molecule has 2 atom stereocenters. The third-order valence-electron chi connectivity index (χ3n) is 4.96. The molecule has 1 amide bonds. The highest BCUT2D eigenvalue weighted by Gasteiger charge is 2.26. The Bertz CT molecular complexity index is 822. The van der Waals surface area contributed by atoms with E-state index in [4.69, 9.17) is 5.11 Å². The van der Waals surface area contributed by atoms with Gasteiger partial charge in [0, 0.05) is 18.2 Å². The van der Waals surface area contributed by atoms with Gasteiger partial charge >= 0.3 is 6.09 Å². The van der Waals surface area contributed by atoms with Crippen molar-refractivity contribution in [2.75, 3.05) is 6.54 Å². The van der Waals surface area contributed by atoms with Crippen LogP contribution < -0.4 is 10.6 Å². The number of nitrogens with one attached hydrogen (secondary N) is 2. The van der Waals surface area contributed by atoms with Crippen molar-refractivity contribution in [2.45, 2.75) is 51.3 Å². The topological polar surface area (TPSA) is 81.6 Å². The molecular formula is C22H28F2N2O3. The number of aliphatic hydroxyl groups excluding tert-OH is 1. The molecule has 0 unspecified atom stereocenters. The lowest BCUT2D eigenvalue weighted by Gasteiger charge is -2.31. The second-order valence-corrected chi connectivity index (χ2v) is 7.66. The van der Waals surface area contributed by atoms with E-state index >= 15 is 0 Å². The van der Waals surface area contributed by atoms with Crippen LogP contribution in [0.5, 0.6) is 0 Å². The maximum absolute atomic E-state index is 13.4. The molecule has 2 rings (SSSR count). The van der Waals surface area contributed by atoms with Gasteiger partial charge in [-0.2, -0.15) is 0 Å². The average molecular weight is 406 g/mol. The van der Waals surface area contributed by atoms with E-state index in [1.807, 2.05) is 32.0 Å². The van der Waals surface area contributed by atoms with Crippen LogP contribution in [0.2, 0.25) is 0 Å². The third kappa shape index (κ3) is 6.80. The normalized spacial score (nSPS) is 13.7. The standard InChI is InChI=1S/C22H28F2N2O3/c1-4-14-6-5-7-16(8-14)22(2,3)25-13-20(27)19(26-21(28)29)11-15-9-17(23)12-18(24)10-15/h5-10,12,19-20,25-27H,4,11,13H2,1-3H3,(H,28,29)/t19-,20-/m0/s1. The molecule has 0 radical (unpaired) electrons. The second kappa shape index (κ2) is 9.80. The fourth-order valence-electron chi connectivity index (χ4n) is 3.21. The zero-order chi connectivity index (χ0) is 21.6. The van der Waals surface area contributed by atoms with Crippen molar-refractivity contribution in [3.63, 3.8) is 0 Å². The zero-order valence-electron chi connectivity index (χ0n) is 16.9. The van der Waals surface area contributed by atoms with Crippen molar-refractivity contribution in [1.82, 2.24) is 10.6 Å². The molecule has 0 aliphatic rings. The summed E-state index contributed by atoms with van der Waals surface area (Å²) in [6.07, 6.45) is -1.57. The summed E-state index contributed by atoms with van der Waals surface area (Å²) in [6, 6.07) is 10.1. The predicted molar refractivity (Wildman–Crippen MR) is 108 cm³/mol. The molecule has 2 aromatic rings. The molecule has 0 heterocycles.